The molecule has 0 N–H and O–H groups in total. The van der Waals surface area contributed by atoms with Crippen molar-refractivity contribution in [2.45, 2.75) is 19.3 Å². The summed E-state index contributed by atoms with van der Waals surface area (Å²) in [5, 5.41) is 8.75. The van der Waals surface area contributed by atoms with Gasteiger partial charge in [-0.2, -0.15) is 5.26 Å². The second kappa shape index (κ2) is 7.06. The predicted molar refractivity (Wildman–Crippen MR) is 76.0 cm³/mol. The van der Waals surface area contributed by atoms with E-state index in [9.17, 15) is 4.79 Å². The lowest BCUT2D eigenvalue weighted by Gasteiger charge is -2.31. The molecule has 0 aliphatic carbocycles. The van der Waals surface area contributed by atoms with E-state index in [1.54, 1.807) is 19.2 Å². The summed E-state index contributed by atoms with van der Waals surface area (Å²) in [7, 11) is 1.72. The van der Waals surface area contributed by atoms with Crippen molar-refractivity contribution in [1.29, 1.82) is 5.26 Å². The van der Waals surface area contributed by atoms with Gasteiger partial charge in [-0.15, -0.1) is 0 Å². The van der Waals surface area contributed by atoms with Crippen molar-refractivity contribution >= 4 is 5.91 Å². The number of rotatable bonds is 4. The summed E-state index contributed by atoms with van der Waals surface area (Å²) in [6, 6.07) is 9.31. The van der Waals surface area contributed by atoms with Gasteiger partial charge in [0.2, 0.25) is 5.91 Å². The Morgan fingerprint density at radius 3 is 2.55 bits per heavy atom. The summed E-state index contributed by atoms with van der Waals surface area (Å²) in [5.74, 6) is 0.754. The van der Waals surface area contributed by atoms with E-state index in [1.165, 1.54) is 0 Å². The van der Waals surface area contributed by atoms with Crippen LogP contribution in [0.2, 0.25) is 0 Å². The molecular weight excluding hydrogens is 252 g/mol. The van der Waals surface area contributed by atoms with Gasteiger partial charge in [0.25, 0.3) is 0 Å². The average molecular weight is 272 g/mol. The van der Waals surface area contributed by atoms with Crippen LogP contribution in [0.5, 0.6) is 0 Å². The maximum Gasteiger partial charge on any atom is 0.226 e. The third-order valence-corrected chi connectivity index (χ3v) is 3.81. The Balaban J connectivity index is 1.84. The second-order valence-corrected chi connectivity index (χ2v) is 5.27. The number of piperidine rings is 1. The summed E-state index contributed by atoms with van der Waals surface area (Å²) in [6.45, 7) is 2.43. The Hall–Kier alpha value is -1.86. The first-order valence-electron chi connectivity index (χ1n) is 6.98. The van der Waals surface area contributed by atoms with Crippen LogP contribution >= 0.6 is 0 Å². The number of ether oxygens (including phenoxy) is 1. The van der Waals surface area contributed by atoms with Crippen LogP contribution in [0, 0.1) is 17.2 Å². The highest BCUT2D eigenvalue weighted by Gasteiger charge is 2.22. The number of nitriles is 1. The van der Waals surface area contributed by atoms with Gasteiger partial charge in [-0.1, -0.05) is 12.1 Å². The highest BCUT2D eigenvalue weighted by atomic mass is 16.5. The molecule has 0 atom stereocenters. The van der Waals surface area contributed by atoms with Crippen molar-refractivity contribution in [1.82, 2.24) is 4.90 Å². The number of methoxy groups -OCH3 is 1. The zero-order valence-corrected chi connectivity index (χ0v) is 11.8. The normalized spacial score (nSPS) is 15.9. The average Bonchev–Trinajstić information content (AvgIpc) is 2.49. The van der Waals surface area contributed by atoms with Gasteiger partial charge in [0.05, 0.1) is 18.1 Å². The highest BCUT2D eigenvalue weighted by molar-refractivity contribution is 5.78. The van der Waals surface area contributed by atoms with Crippen LogP contribution in [0.3, 0.4) is 0 Å². The van der Waals surface area contributed by atoms with Gasteiger partial charge in [0, 0.05) is 26.8 Å². The first-order valence-corrected chi connectivity index (χ1v) is 6.98. The molecule has 0 bridgehead atoms. The van der Waals surface area contributed by atoms with E-state index in [1.807, 2.05) is 17.0 Å². The van der Waals surface area contributed by atoms with Crippen LogP contribution in [0.4, 0.5) is 0 Å². The van der Waals surface area contributed by atoms with Crippen LogP contribution < -0.4 is 0 Å². The van der Waals surface area contributed by atoms with Gasteiger partial charge in [0.1, 0.15) is 0 Å². The van der Waals surface area contributed by atoms with E-state index in [-0.39, 0.29) is 5.91 Å². The lowest BCUT2D eigenvalue weighted by atomic mass is 9.97. The third-order valence-electron chi connectivity index (χ3n) is 3.81. The molecule has 1 fully saturated rings. The molecule has 1 heterocycles. The SMILES string of the molecule is COCC1CCN(C(=O)Cc2ccc(C#N)cc2)CC1. The van der Waals surface area contributed by atoms with Gasteiger partial charge in [-0.25, -0.2) is 0 Å². The molecule has 4 heteroatoms. The minimum atomic E-state index is 0.172. The van der Waals surface area contributed by atoms with Crippen molar-refractivity contribution in [2.24, 2.45) is 5.92 Å². The molecule has 1 saturated heterocycles. The maximum atomic E-state index is 12.2. The van der Waals surface area contributed by atoms with E-state index in [0.29, 0.717) is 17.9 Å². The largest absolute Gasteiger partial charge is 0.384 e. The molecule has 20 heavy (non-hydrogen) atoms. The molecule has 0 unspecified atom stereocenters. The first-order chi connectivity index (χ1) is 9.72. The van der Waals surface area contributed by atoms with Crippen molar-refractivity contribution in [2.75, 3.05) is 26.8 Å². The molecule has 1 aromatic rings. The van der Waals surface area contributed by atoms with Crippen LogP contribution in [0.1, 0.15) is 24.0 Å². The van der Waals surface area contributed by atoms with E-state index in [4.69, 9.17) is 10.00 Å². The van der Waals surface area contributed by atoms with E-state index < -0.39 is 0 Å². The van der Waals surface area contributed by atoms with Gasteiger partial charge in [0.15, 0.2) is 0 Å². The number of nitrogens with zero attached hydrogens (tertiary/aromatic N) is 2. The van der Waals surface area contributed by atoms with Crippen molar-refractivity contribution in [3.8, 4) is 6.07 Å². The second-order valence-electron chi connectivity index (χ2n) is 5.27. The fourth-order valence-corrected chi connectivity index (χ4v) is 2.57. The fourth-order valence-electron chi connectivity index (χ4n) is 2.57. The Kier molecular flexibility index (Phi) is 5.14. The van der Waals surface area contributed by atoms with Crippen molar-refractivity contribution in [3.05, 3.63) is 35.4 Å². The van der Waals surface area contributed by atoms with Gasteiger partial charge < -0.3 is 9.64 Å². The zero-order valence-electron chi connectivity index (χ0n) is 11.8. The molecule has 4 nitrogen and oxygen atoms in total. The van der Waals surface area contributed by atoms with Crippen LogP contribution in [0.25, 0.3) is 0 Å². The standard InChI is InChI=1S/C16H20N2O2/c1-20-12-15-6-8-18(9-7-15)16(19)10-13-2-4-14(11-17)5-3-13/h2-5,15H,6-10,12H2,1H3. The molecule has 1 aliphatic heterocycles. The van der Waals surface area contributed by atoms with Gasteiger partial charge in [-0.3, -0.25) is 4.79 Å². The molecule has 2 rings (SSSR count). The van der Waals surface area contributed by atoms with Gasteiger partial charge in [-0.05, 0) is 36.5 Å². The molecule has 0 saturated carbocycles. The summed E-state index contributed by atoms with van der Waals surface area (Å²) < 4.78 is 5.16. The fraction of sp³-hybridized carbons (Fsp3) is 0.500. The minimum absolute atomic E-state index is 0.172. The molecule has 1 aliphatic rings. The quantitative estimate of drug-likeness (QED) is 0.842. The Morgan fingerprint density at radius 2 is 2.00 bits per heavy atom. The number of carbonyl (C=O) groups is 1. The van der Waals surface area contributed by atoms with Crippen LogP contribution in [-0.2, 0) is 16.0 Å². The number of carbonyl (C=O) groups excluding carboxylic acids is 1. The number of likely N-dealkylation sites (tertiary alicyclic amines) is 1. The topological polar surface area (TPSA) is 53.3 Å². The zero-order chi connectivity index (χ0) is 14.4. The molecule has 1 amide bonds. The van der Waals surface area contributed by atoms with Gasteiger partial charge >= 0.3 is 0 Å². The molecular formula is C16H20N2O2. The Morgan fingerprint density at radius 1 is 1.35 bits per heavy atom. The van der Waals surface area contributed by atoms with E-state index in [0.717, 1.165) is 38.1 Å². The highest BCUT2D eigenvalue weighted by Crippen LogP contribution is 2.18. The number of amides is 1. The third kappa shape index (κ3) is 3.82. The predicted octanol–water partition coefficient (Wildman–Crippen LogP) is 1.99. The summed E-state index contributed by atoms with van der Waals surface area (Å²) >= 11 is 0. The molecule has 0 aromatic heterocycles. The van der Waals surface area contributed by atoms with E-state index in [2.05, 4.69) is 6.07 Å². The summed E-state index contributed by atoms with van der Waals surface area (Å²) in [5.41, 5.74) is 1.59. The molecule has 1 aromatic carbocycles. The number of benzene rings is 1. The first kappa shape index (κ1) is 14.5. The van der Waals surface area contributed by atoms with Crippen molar-refractivity contribution in [3.63, 3.8) is 0 Å². The molecule has 0 radical (unpaired) electrons. The molecule has 0 spiro atoms. The lowest BCUT2D eigenvalue weighted by molar-refractivity contribution is -0.132. The van der Waals surface area contributed by atoms with Crippen LogP contribution in [-0.4, -0.2) is 37.6 Å². The minimum Gasteiger partial charge on any atom is -0.384 e. The Bertz CT molecular complexity index is 482. The maximum absolute atomic E-state index is 12.2. The number of hydrogen-bond donors (Lipinski definition) is 0. The smallest absolute Gasteiger partial charge is 0.226 e. The van der Waals surface area contributed by atoms with E-state index >= 15 is 0 Å². The van der Waals surface area contributed by atoms with Crippen molar-refractivity contribution < 1.29 is 9.53 Å². The summed E-state index contributed by atoms with van der Waals surface area (Å²) in [4.78, 5) is 14.2. The lowest BCUT2D eigenvalue weighted by Crippen LogP contribution is -2.40. The molecule has 106 valence electrons. The summed E-state index contributed by atoms with van der Waals surface area (Å²) in [6.07, 6.45) is 2.46. The number of hydrogen-bond acceptors (Lipinski definition) is 3. The Labute approximate surface area is 120 Å². The monoisotopic (exact) mass is 272 g/mol. The van der Waals surface area contributed by atoms with Crippen LogP contribution in [0.15, 0.2) is 24.3 Å².